The van der Waals surface area contributed by atoms with Gasteiger partial charge in [-0.3, -0.25) is 4.90 Å². The van der Waals surface area contributed by atoms with E-state index in [-0.39, 0.29) is 17.4 Å². The second-order valence-electron chi connectivity index (χ2n) is 9.00. The normalized spacial score (nSPS) is 18.2. The molecule has 34 heavy (non-hydrogen) atoms. The number of rotatable bonds is 6. The molecule has 1 saturated heterocycles. The van der Waals surface area contributed by atoms with Gasteiger partial charge in [0.15, 0.2) is 0 Å². The standard InChI is InChI=1S/C31H27F2N/c1-22(24-11-6-3-7-12-24)27-20-34(19-23-9-4-2-5-10-23)21-28(27)25-15-17-26(18-16-25)31-29(32)13-8-14-30(31)33/h2-18,27-28H,1,19-21H2/t27-,28?/m0/s1. The van der Waals surface area contributed by atoms with Gasteiger partial charge in [-0.15, -0.1) is 0 Å². The summed E-state index contributed by atoms with van der Waals surface area (Å²) in [6.45, 7) is 7.19. The second-order valence-corrected chi connectivity index (χ2v) is 9.00. The quantitative estimate of drug-likeness (QED) is 0.292. The molecular weight excluding hydrogens is 424 g/mol. The van der Waals surface area contributed by atoms with E-state index in [0.717, 1.165) is 36.3 Å². The average Bonchev–Trinajstić information content (AvgIpc) is 3.29. The third-order valence-electron chi connectivity index (χ3n) is 6.83. The lowest BCUT2D eigenvalue weighted by Gasteiger charge is -2.22. The molecule has 1 nitrogen and oxygen atoms in total. The maximum Gasteiger partial charge on any atom is 0.133 e. The molecule has 1 fully saturated rings. The van der Waals surface area contributed by atoms with E-state index in [1.54, 1.807) is 0 Å². The highest BCUT2D eigenvalue weighted by atomic mass is 19.1. The van der Waals surface area contributed by atoms with Crippen molar-refractivity contribution in [2.45, 2.75) is 12.5 Å². The zero-order chi connectivity index (χ0) is 23.5. The van der Waals surface area contributed by atoms with Crippen molar-refractivity contribution in [1.29, 1.82) is 0 Å². The Morgan fingerprint density at radius 1 is 0.735 bits per heavy atom. The summed E-state index contributed by atoms with van der Waals surface area (Å²) in [6.07, 6.45) is 0. The Kier molecular flexibility index (Phi) is 6.37. The van der Waals surface area contributed by atoms with Gasteiger partial charge >= 0.3 is 0 Å². The predicted octanol–water partition coefficient (Wildman–Crippen LogP) is 7.56. The topological polar surface area (TPSA) is 3.24 Å². The van der Waals surface area contributed by atoms with Gasteiger partial charge in [0.1, 0.15) is 11.6 Å². The summed E-state index contributed by atoms with van der Waals surface area (Å²) in [5.41, 5.74) is 5.32. The highest BCUT2D eigenvalue weighted by Gasteiger charge is 2.35. The first-order chi connectivity index (χ1) is 16.6. The Morgan fingerprint density at radius 3 is 2.00 bits per heavy atom. The van der Waals surface area contributed by atoms with Gasteiger partial charge in [-0.1, -0.05) is 97.6 Å². The van der Waals surface area contributed by atoms with Gasteiger partial charge < -0.3 is 0 Å². The first-order valence-electron chi connectivity index (χ1n) is 11.6. The second kappa shape index (κ2) is 9.74. The molecule has 1 aliphatic rings. The molecule has 1 unspecified atom stereocenters. The van der Waals surface area contributed by atoms with Crippen LogP contribution in [-0.2, 0) is 6.54 Å². The lowest BCUT2D eigenvalue weighted by molar-refractivity contribution is 0.322. The number of halogens is 2. The fraction of sp³-hybridized carbons (Fsp3) is 0.161. The Hall–Kier alpha value is -3.56. The lowest BCUT2D eigenvalue weighted by atomic mass is 9.81. The number of hydrogen-bond donors (Lipinski definition) is 0. The zero-order valence-corrected chi connectivity index (χ0v) is 19.0. The minimum atomic E-state index is -0.544. The highest BCUT2D eigenvalue weighted by Crippen LogP contribution is 2.41. The fourth-order valence-corrected chi connectivity index (χ4v) is 5.08. The molecule has 5 rings (SSSR count). The van der Waals surface area contributed by atoms with Crippen LogP contribution in [0.4, 0.5) is 8.78 Å². The van der Waals surface area contributed by atoms with Crippen LogP contribution in [0.3, 0.4) is 0 Å². The highest BCUT2D eigenvalue weighted by molar-refractivity contribution is 5.68. The van der Waals surface area contributed by atoms with E-state index in [9.17, 15) is 8.78 Å². The van der Waals surface area contributed by atoms with Crippen molar-refractivity contribution >= 4 is 5.57 Å². The average molecular weight is 452 g/mol. The maximum absolute atomic E-state index is 14.3. The molecule has 0 N–H and O–H groups in total. The minimum Gasteiger partial charge on any atom is -0.298 e. The van der Waals surface area contributed by atoms with Crippen molar-refractivity contribution in [3.8, 4) is 11.1 Å². The van der Waals surface area contributed by atoms with Crippen LogP contribution in [0.2, 0.25) is 0 Å². The molecule has 0 amide bonds. The Bertz CT molecular complexity index is 1250. The van der Waals surface area contributed by atoms with E-state index in [4.69, 9.17) is 0 Å². The fourth-order valence-electron chi connectivity index (χ4n) is 5.08. The van der Waals surface area contributed by atoms with Crippen LogP contribution in [0.5, 0.6) is 0 Å². The number of likely N-dealkylation sites (tertiary alicyclic amines) is 1. The van der Waals surface area contributed by atoms with Crippen molar-refractivity contribution < 1.29 is 8.78 Å². The number of benzene rings is 4. The molecule has 0 spiro atoms. The summed E-state index contributed by atoms with van der Waals surface area (Å²) < 4.78 is 28.6. The molecule has 3 heteroatoms. The van der Waals surface area contributed by atoms with Gasteiger partial charge in [0, 0.05) is 31.5 Å². The van der Waals surface area contributed by atoms with Gasteiger partial charge in [0.05, 0.1) is 5.56 Å². The first-order valence-corrected chi connectivity index (χ1v) is 11.6. The molecule has 0 radical (unpaired) electrons. The molecule has 0 aliphatic carbocycles. The lowest BCUT2D eigenvalue weighted by Crippen LogP contribution is -2.20. The van der Waals surface area contributed by atoms with Crippen molar-refractivity contribution in [2.24, 2.45) is 5.92 Å². The summed E-state index contributed by atoms with van der Waals surface area (Å²) in [5.74, 6) is -0.589. The van der Waals surface area contributed by atoms with Crippen LogP contribution in [0.25, 0.3) is 16.7 Å². The molecule has 2 atom stereocenters. The van der Waals surface area contributed by atoms with Gasteiger partial charge in [-0.25, -0.2) is 8.78 Å². The minimum absolute atomic E-state index is 0.0245. The van der Waals surface area contributed by atoms with E-state index in [1.807, 2.05) is 48.5 Å². The van der Waals surface area contributed by atoms with E-state index < -0.39 is 11.6 Å². The summed E-state index contributed by atoms with van der Waals surface area (Å²) in [6, 6.07) is 32.5. The van der Waals surface area contributed by atoms with E-state index >= 15 is 0 Å². The van der Waals surface area contributed by atoms with Gasteiger partial charge in [-0.2, -0.15) is 0 Å². The van der Waals surface area contributed by atoms with Crippen molar-refractivity contribution in [3.05, 3.63) is 138 Å². The molecule has 4 aromatic rings. The Labute approximate surface area is 200 Å². The van der Waals surface area contributed by atoms with Crippen LogP contribution in [-0.4, -0.2) is 18.0 Å². The molecule has 4 aromatic carbocycles. The van der Waals surface area contributed by atoms with Crippen LogP contribution in [0.1, 0.15) is 22.6 Å². The molecule has 0 bridgehead atoms. The predicted molar refractivity (Wildman–Crippen MR) is 135 cm³/mol. The SMILES string of the molecule is C=C(c1ccccc1)[C@@H]1CN(Cc2ccccc2)CC1c1ccc(-c2c(F)cccc2F)cc1. The van der Waals surface area contributed by atoms with E-state index in [1.165, 1.54) is 23.8 Å². The maximum atomic E-state index is 14.3. The number of hydrogen-bond acceptors (Lipinski definition) is 1. The van der Waals surface area contributed by atoms with Crippen molar-refractivity contribution in [3.63, 3.8) is 0 Å². The molecule has 1 heterocycles. The Balaban J connectivity index is 1.44. The van der Waals surface area contributed by atoms with Crippen LogP contribution in [0, 0.1) is 17.6 Å². The Morgan fingerprint density at radius 2 is 1.35 bits per heavy atom. The summed E-state index contributed by atoms with van der Waals surface area (Å²) >= 11 is 0. The summed E-state index contributed by atoms with van der Waals surface area (Å²) in [7, 11) is 0. The van der Waals surface area contributed by atoms with Crippen molar-refractivity contribution in [1.82, 2.24) is 4.90 Å². The van der Waals surface area contributed by atoms with E-state index in [0.29, 0.717) is 5.56 Å². The molecular formula is C31H27F2N. The van der Waals surface area contributed by atoms with Crippen LogP contribution >= 0.6 is 0 Å². The monoisotopic (exact) mass is 451 g/mol. The molecule has 0 saturated carbocycles. The largest absolute Gasteiger partial charge is 0.298 e. The van der Waals surface area contributed by atoms with Crippen LogP contribution in [0.15, 0.2) is 110 Å². The van der Waals surface area contributed by atoms with Crippen LogP contribution < -0.4 is 0 Å². The smallest absolute Gasteiger partial charge is 0.133 e. The first kappa shape index (κ1) is 22.2. The summed E-state index contributed by atoms with van der Waals surface area (Å²) in [5, 5.41) is 0. The van der Waals surface area contributed by atoms with Gasteiger partial charge in [0.2, 0.25) is 0 Å². The third-order valence-corrected chi connectivity index (χ3v) is 6.83. The van der Waals surface area contributed by atoms with Gasteiger partial charge in [0.25, 0.3) is 0 Å². The zero-order valence-electron chi connectivity index (χ0n) is 19.0. The molecule has 170 valence electrons. The van der Waals surface area contributed by atoms with Crippen molar-refractivity contribution in [2.75, 3.05) is 13.1 Å². The molecule has 0 aromatic heterocycles. The third kappa shape index (κ3) is 4.57. The molecule has 1 aliphatic heterocycles. The van der Waals surface area contributed by atoms with E-state index in [2.05, 4.69) is 47.9 Å². The summed E-state index contributed by atoms with van der Waals surface area (Å²) in [4.78, 5) is 2.48. The number of nitrogens with zero attached hydrogens (tertiary/aromatic N) is 1. The van der Waals surface area contributed by atoms with Gasteiger partial charge in [-0.05, 0) is 40.0 Å².